The third kappa shape index (κ3) is 5.25. The summed E-state index contributed by atoms with van der Waals surface area (Å²) in [5.41, 5.74) is 6.64. The summed E-state index contributed by atoms with van der Waals surface area (Å²) in [5.74, 6) is 3.62. The Morgan fingerprint density at radius 2 is 1.96 bits per heavy atom. The van der Waals surface area contributed by atoms with Crippen LogP contribution >= 0.6 is 12.2 Å². The first-order valence-electron chi connectivity index (χ1n) is 9.62. The molecule has 0 aliphatic heterocycles. The number of ether oxygens (including phenoxy) is 2. The molecule has 0 saturated heterocycles. The zero-order valence-corrected chi connectivity index (χ0v) is 16.9. The first-order chi connectivity index (χ1) is 13.1. The molecule has 1 aromatic carbocycles. The minimum absolute atomic E-state index is 0.0246. The van der Waals surface area contributed by atoms with E-state index in [2.05, 4.69) is 16.2 Å². The lowest BCUT2D eigenvalue weighted by atomic mass is 9.86. The summed E-state index contributed by atoms with van der Waals surface area (Å²) in [6, 6.07) is 5.84. The fourth-order valence-electron chi connectivity index (χ4n) is 4.44. The topological polar surface area (TPSA) is 71.6 Å². The van der Waals surface area contributed by atoms with Gasteiger partial charge in [0.15, 0.2) is 16.6 Å². The summed E-state index contributed by atoms with van der Waals surface area (Å²) in [4.78, 5) is 12.1. The monoisotopic (exact) mass is 391 g/mol. The Hall–Kier alpha value is -2.02. The van der Waals surface area contributed by atoms with Gasteiger partial charge < -0.3 is 14.8 Å². The van der Waals surface area contributed by atoms with Gasteiger partial charge in [0.05, 0.1) is 14.2 Å². The van der Waals surface area contributed by atoms with Gasteiger partial charge in [0, 0.05) is 13.0 Å². The molecule has 3 N–H and O–H groups in total. The fourth-order valence-corrected chi connectivity index (χ4v) is 4.60. The quantitative estimate of drug-likeness (QED) is 0.490. The van der Waals surface area contributed by atoms with E-state index < -0.39 is 0 Å². The molecule has 148 valence electrons. The van der Waals surface area contributed by atoms with Crippen LogP contribution in [0, 0.1) is 17.8 Å². The van der Waals surface area contributed by atoms with Crippen molar-refractivity contribution < 1.29 is 14.3 Å². The van der Waals surface area contributed by atoms with Crippen LogP contribution in [-0.4, -0.2) is 31.8 Å². The van der Waals surface area contributed by atoms with Crippen molar-refractivity contribution in [2.24, 2.45) is 17.8 Å². The molecule has 2 saturated carbocycles. The van der Waals surface area contributed by atoms with Crippen molar-refractivity contribution in [3.8, 4) is 11.5 Å². The SMILES string of the molecule is COc1ccc(CCNC(=S)NNC(=O)C[C@H]2C[C@@H]3CC[C@@H]2C3)cc1OC. The number of carbonyl (C=O) groups excluding carboxylic acids is 1. The van der Waals surface area contributed by atoms with Crippen molar-refractivity contribution in [3.05, 3.63) is 23.8 Å². The molecule has 2 aliphatic carbocycles. The Kier molecular flexibility index (Phi) is 6.77. The predicted molar refractivity (Wildman–Crippen MR) is 109 cm³/mol. The second-order valence-corrected chi connectivity index (χ2v) is 7.92. The summed E-state index contributed by atoms with van der Waals surface area (Å²) < 4.78 is 10.6. The van der Waals surface area contributed by atoms with E-state index in [1.165, 1.54) is 25.7 Å². The van der Waals surface area contributed by atoms with Gasteiger partial charge in [0.25, 0.3) is 0 Å². The molecule has 0 unspecified atom stereocenters. The van der Waals surface area contributed by atoms with Gasteiger partial charge in [0.1, 0.15) is 0 Å². The highest BCUT2D eigenvalue weighted by molar-refractivity contribution is 7.80. The molecule has 3 atom stereocenters. The molecule has 2 fully saturated rings. The highest BCUT2D eigenvalue weighted by Crippen LogP contribution is 2.49. The Morgan fingerprint density at radius 3 is 2.63 bits per heavy atom. The lowest BCUT2D eigenvalue weighted by molar-refractivity contribution is -0.122. The zero-order chi connectivity index (χ0) is 19.2. The molecule has 2 bridgehead atoms. The van der Waals surface area contributed by atoms with E-state index in [-0.39, 0.29) is 5.91 Å². The Balaban J connectivity index is 1.33. The number of methoxy groups -OCH3 is 2. The summed E-state index contributed by atoms with van der Waals surface area (Å²) in [5, 5.41) is 3.53. The number of carbonyl (C=O) groups is 1. The average molecular weight is 392 g/mol. The number of fused-ring (bicyclic) bond motifs is 2. The largest absolute Gasteiger partial charge is 0.493 e. The second kappa shape index (κ2) is 9.26. The van der Waals surface area contributed by atoms with E-state index in [4.69, 9.17) is 21.7 Å². The number of hydrogen-bond donors (Lipinski definition) is 3. The average Bonchev–Trinajstić information content (AvgIpc) is 3.29. The number of hydrazine groups is 1. The highest BCUT2D eigenvalue weighted by Gasteiger charge is 2.40. The molecule has 0 heterocycles. The third-order valence-corrected chi connectivity index (χ3v) is 6.04. The van der Waals surface area contributed by atoms with E-state index in [0.717, 1.165) is 23.8 Å². The number of amides is 1. The Morgan fingerprint density at radius 1 is 1.15 bits per heavy atom. The number of benzene rings is 1. The molecule has 1 aromatic rings. The fraction of sp³-hybridized carbons (Fsp3) is 0.600. The van der Waals surface area contributed by atoms with Crippen LogP contribution in [0.4, 0.5) is 0 Å². The smallest absolute Gasteiger partial charge is 0.238 e. The lowest BCUT2D eigenvalue weighted by Crippen LogP contribution is -2.47. The standard InChI is InChI=1S/C20H29N3O3S/c1-25-17-6-4-13(11-18(17)26-2)7-8-21-20(27)23-22-19(24)12-16-10-14-3-5-15(16)9-14/h4,6,11,14-16H,3,5,7-10,12H2,1-2H3,(H,22,24)(H2,21,23,27)/t14-,15-,16-/m1/s1. The van der Waals surface area contributed by atoms with Crippen LogP contribution in [0.2, 0.25) is 0 Å². The maximum Gasteiger partial charge on any atom is 0.238 e. The summed E-state index contributed by atoms with van der Waals surface area (Å²) in [6.07, 6.45) is 6.57. The zero-order valence-electron chi connectivity index (χ0n) is 16.0. The van der Waals surface area contributed by atoms with Gasteiger partial charge in [-0.15, -0.1) is 0 Å². The minimum atomic E-state index is 0.0246. The minimum Gasteiger partial charge on any atom is -0.493 e. The molecule has 1 amide bonds. The van der Waals surface area contributed by atoms with Crippen molar-refractivity contribution in [3.63, 3.8) is 0 Å². The maximum atomic E-state index is 12.1. The van der Waals surface area contributed by atoms with Crippen molar-refractivity contribution in [1.29, 1.82) is 0 Å². The van der Waals surface area contributed by atoms with Gasteiger partial charge in [0.2, 0.25) is 5.91 Å². The molecular weight excluding hydrogens is 362 g/mol. The van der Waals surface area contributed by atoms with Crippen molar-refractivity contribution in [2.45, 2.75) is 38.5 Å². The normalized spacial score (nSPS) is 23.0. The number of nitrogens with one attached hydrogen (secondary N) is 3. The summed E-state index contributed by atoms with van der Waals surface area (Å²) in [6.45, 7) is 0.656. The van der Waals surface area contributed by atoms with E-state index in [9.17, 15) is 4.79 Å². The van der Waals surface area contributed by atoms with Gasteiger partial charge in [-0.25, -0.2) is 0 Å². The van der Waals surface area contributed by atoms with Gasteiger partial charge >= 0.3 is 0 Å². The Labute approximate surface area is 166 Å². The molecule has 7 heteroatoms. The summed E-state index contributed by atoms with van der Waals surface area (Å²) in [7, 11) is 3.24. The van der Waals surface area contributed by atoms with Crippen LogP contribution in [0.15, 0.2) is 18.2 Å². The van der Waals surface area contributed by atoms with Crippen molar-refractivity contribution >= 4 is 23.2 Å². The predicted octanol–water partition coefficient (Wildman–Crippen LogP) is 2.57. The molecular formula is C20H29N3O3S. The number of thiocarbonyl (C=S) groups is 1. The van der Waals surface area contributed by atoms with Crippen LogP contribution in [0.25, 0.3) is 0 Å². The van der Waals surface area contributed by atoms with E-state index in [0.29, 0.717) is 35.5 Å². The molecule has 6 nitrogen and oxygen atoms in total. The van der Waals surface area contributed by atoms with Crippen LogP contribution < -0.4 is 25.6 Å². The first-order valence-corrected chi connectivity index (χ1v) is 10.0. The van der Waals surface area contributed by atoms with Gasteiger partial charge in [-0.2, -0.15) is 0 Å². The molecule has 3 rings (SSSR count). The van der Waals surface area contributed by atoms with Crippen molar-refractivity contribution in [1.82, 2.24) is 16.2 Å². The van der Waals surface area contributed by atoms with Crippen molar-refractivity contribution in [2.75, 3.05) is 20.8 Å². The van der Waals surface area contributed by atoms with Gasteiger partial charge in [-0.3, -0.25) is 15.6 Å². The maximum absolute atomic E-state index is 12.1. The first kappa shape index (κ1) is 19.7. The van der Waals surface area contributed by atoms with E-state index in [1.54, 1.807) is 14.2 Å². The van der Waals surface area contributed by atoms with Crippen LogP contribution in [0.5, 0.6) is 11.5 Å². The number of hydrogen-bond acceptors (Lipinski definition) is 4. The highest BCUT2D eigenvalue weighted by atomic mass is 32.1. The molecule has 2 aliphatic rings. The lowest BCUT2D eigenvalue weighted by Gasteiger charge is -2.21. The van der Waals surface area contributed by atoms with Gasteiger partial charge in [-0.05, 0) is 73.4 Å². The van der Waals surface area contributed by atoms with E-state index >= 15 is 0 Å². The van der Waals surface area contributed by atoms with Crippen LogP contribution in [0.1, 0.15) is 37.7 Å². The molecule has 0 radical (unpaired) electrons. The Bertz CT molecular complexity index is 682. The van der Waals surface area contributed by atoms with E-state index in [1.807, 2.05) is 18.2 Å². The second-order valence-electron chi connectivity index (χ2n) is 7.51. The molecule has 0 spiro atoms. The molecule has 0 aromatic heterocycles. The molecule has 27 heavy (non-hydrogen) atoms. The summed E-state index contributed by atoms with van der Waals surface area (Å²) >= 11 is 5.23. The van der Waals surface area contributed by atoms with Gasteiger partial charge in [-0.1, -0.05) is 12.5 Å². The van der Waals surface area contributed by atoms with Crippen LogP contribution in [-0.2, 0) is 11.2 Å². The third-order valence-electron chi connectivity index (χ3n) is 5.79. The number of rotatable bonds is 7. The van der Waals surface area contributed by atoms with Crippen LogP contribution in [0.3, 0.4) is 0 Å².